The summed E-state index contributed by atoms with van der Waals surface area (Å²) in [5, 5.41) is 19.4. The van der Waals surface area contributed by atoms with Crippen LogP contribution < -0.4 is 11.2 Å². The van der Waals surface area contributed by atoms with E-state index in [1.807, 2.05) is 0 Å². The van der Waals surface area contributed by atoms with Crippen LogP contribution in [0.3, 0.4) is 0 Å². The SMILES string of the molecule is Cc1cn(C2CC(c3ccccc3C(=O)O)C(CO)O2)c(=O)n(C(=O)c2ccccc2)c1=O. The number of aromatic nitrogens is 2. The Labute approximate surface area is 188 Å². The van der Waals surface area contributed by atoms with E-state index in [9.17, 15) is 29.4 Å². The molecule has 1 aliphatic heterocycles. The third kappa shape index (κ3) is 4.04. The molecule has 3 unspecified atom stereocenters. The molecule has 0 bridgehead atoms. The highest BCUT2D eigenvalue weighted by Gasteiger charge is 2.39. The number of carboxylic acids is 1. The predicted molar refractivity (Wildman–Crippen MR) is 118 cm³/mol. The largest absolute Gasteiger partial charge is 0.478 e. The van der Waals surface area contributed by atoms with Gasteiger partial charge in [-0.2, -0.15) is 4.57 Å². The van der Waals surface area contributed by atoms with Gasteiger partial charge in [0.25, 0.3) is 11.5 Å². The fourth-order valence-corrected chi connectivity index (χ4v) is 4.21. The lowest BCUT2D eigenvalue weighted by Gasteiger charge is -2.18. The molecule has 9 heteroatoms. The molecule has 0 radical (unpaired) electrons. The Bertz CT molecular complexity index is 1330. The molecule has 0 saturated carbocycles. The van der Waals surface area contributed by atoms with Crippen molar-refractivity contribution in [2.24, 2.45) is 0 Å². The number of carboxylic acid groups (broad SMARTS) is 1. The van der Waals surface area contributed by atoms with Gasteiger partial charge >= 0.3 is 11.7 Å². The number of nitrogens with zero attached hydrogens (tertiary/aromatic N) is 2. The van der Waals surface area contributed by atoms with E-state index < -0.39 is 48.0 Å². The molecule has 1 saturated heterocycles. The van der Waals surface area contributed by atoms with Crippen LogP contribution in [0.5, 0.6) is 0 Å². The van der Waals surface area contributed by atoms with E-state index in [4.69, 9.17) is 4.74 Å². The Balaban J connectivity index is 1.77. The molecule has 3 aromatic rings. The summed E-state index contributed by atoms with van der Waals surface area (Å²) < 4.78 is 7.63. The van der Waals surface area contributed by atoms with E-state index in [-0.39, 0.29) is 23.1 Å². The molecule has 3 atom stereocenters. The lowest BCUT2D eigenvalue weighted by molar-refractivity contribution is -0.0280. The van der Waals surface area contributed by atoms with Crippen molar-refractivity contribution >= 4 is 11.9 Å². The van der Waals surface area contributed by atoms with Crippen LogP contribution >= 0.6 is 0 Å². The fourth-order valence-electron chi connectivity index (χ4n) is 4.21. The van der Waals surface area contributed by atoms with E-state index >= 15 is 0 Å². The van der Waals surface area contributed by atoms with E-state index in [1.165, 1.54) is 31.3 Å². The summed E-state index contributed by atoms with van der Waals surface area (Å²) in [5.41, 5.74) is -0.689. The van der Waals surface area contributed by atoms with Gasteiger partial charge in [0.2, 0.25) is 0 Å². The summed E-state index contributed by atoms with van der Waals surface area (Å²) in [7, 11) is 0. The first-order valence-corrected chi connectivity index (χ1v) is 10.4. The minimum Gasteiger partial charge on any atom is -0.478 e. The fraction of sp³-hybridized carbons (Fsp3) is 0.250. The first kappa shape index (κ1) is 22.4. The second-order valence-electron chi connectivity index (χ2n) is 7.86. The van der Waals surface area contributed by atoms with E-state index in [1.54, 1.807) is 36.4 Å². The van der Waals surface area contributed by atoms with Crippen molar-refractivity contribution in [1.29, 1.82) is 0 Å². The van der Waals surface area contributed by atoms with Gasteiger partial charge in [0.1, 0.15) is 6.23 Å². The van der Waals surface area contributed by atoms with Gasteiger partial charge in [-0.1, -0.05) is 36.4 Å². The second-order valence-corrected chi connectivity index (χ2v) is 7.86. The predicted octanol–water partition coefficient (Wildman–Crippen LogP) is 1.77. The number of ether oxygens (including phenoxy) is 1. The number of hydrogen-bond acceptors (Lipinski definition) is 6. The number of carbonyl (C=O) groups excluding carboxylic acids is 1. The molecular weight excluding hydrogens is 428 g/mol. The van der Waals surface area contributed by atoms with Crippen LogP contribution in [-0.2, 0) is 4.74 Å². The number of aliphatic hydroxyl groups excluding tert-OH is 1. The first-order valence-electron chi connectivity index (χ1n) is 10.4. The number of carbonyl (C=O) groups is 2. The normalized spacial score (nSPS) is 20.0. The molecule has 2 N–H and O–H groups in total. The van der Waals surface area contributed by atoms with Crippen LogP contribution in [0.2, 0.25) is 0 Å². The zero-order chi connectivity index (χ0) is 23.7. The maximum Gasteiger partial charge on any atom is 0.340 e. The average Bonchev–Trinajstić information content (AvgIpc) is 3.26. The lowest BCUT2D eigenvalue weighted by Crippen LogP contribution is -2.45. The van der Waals surface area contributed by atoms with Crippen molar-refractivity contribution in [3.05, 3.63) is 104 Å². The molecule has 1 fully saturated rings. The van der Waals surface area contributed by atoms with Gasteiger partial charge in [0.15, 0.2) is 0 Å². The molecule has 0 amide bonds. The molecule has 0 spiro atoms. The molecular formula is C24H22N2O7. The summed E-state index contributed by atoms with van der Waals surface area (Å²) in [6.07, 6.45) is -0.181. The van der Waals surface area contributed by atoms with Gasteiger partial charge in [0.05, 0.1) is 18.3 Å². The van der Waals surface area contributed by atoms with Crippen molar-refractivity contribution in [3.63, 3.8) is 0 Å². The average molecular weight is 450 g/mol. The molecule has 9 nitrogen and oxygen atoms in total. The van der Waals surface area contributed by atoms with Gasteiger partial charge in [-0.3, -0.25) is 14.2 Å². The highest BCUT2D eigenvalue weighted by molar-refractivity contribution is 5.95. The monoisotopic (exact) mass is 450 g/mol. The Morgan fingerprint density at radius 1 is 1.06 bits per heavy atom. The molecule has 4 rings (SSSR count). The third-order valence-electron chi connectivity index (χ3n) is 5.83. The first-order chi connectivity index (χ1) is 15.8. The highest BCUT2D eigenvalue weighted by atomic mass is 16.5. The Hall–Kier alpha value is -3.82. The minimum absolute atomic E-state index is 0.0814. The molecule has 33 heavy (non-hydrogen) atoms. The summed E-state index contributed by atoms with van der Waals surface area (Å²) in [6.45, 7) is 1.09. The number of aryl methyl sites for hydroxylation is 1. The third-order valence-corrected chi connectivity index (χ3v) is 5.83. The van der Waals surface area contributed by atoms with E-state index in [2.05, 4.69) is 0 Å². The molecule has 1 aromatic heterocycles. The number of rotatable bonds is 5. The maximum atomic E-state index is 13.2. The summed E-state index contributed by atoms with van der Waals surface area (Å²) in [6, 6.07) is 14.4. The van der Waals surface area contributed by atoms with Crippen LogP contribution in [0.1, 0.15) is 50.4 Å². The number of benzene rings is 2. The minimum atomic E-state index is -1.11. The summed E-state index contributed by atoms with van der Waals surface area (Å²) in [4.78, 5) is 50.5. The second kappa shape index (κ2) is 8.97. The van der Waals surface area contributed by atoms with Crippen molar-refractivity contribution in [1.82, 2.24) is 9.13 Å². The Morgan fingerprint density at radius 2 is 1.73 bits per heavy atom. The smallest absolute Gasteiger partial charge is 0.340 e. The topological polar surface area (TPSA) is 128 Å². The zero-order valence-electron chi connectivity index (χ0n) is 17.7. The van der Waals surface area contributed by atoms with Gasteiger partial charge in [0, 0.05) is 29.7 Å². The van der Waals surface area contributed by atoms with Crippen LogP contribution in [0.15, 0.2) is 70.4 Å². The van der Waals surface area contributed by atoms with Crippen LogP contribution in [0, 0.1) is 6.92 Å². The Morgan fingerprint density at radius 3 is 2.39 bits per heavy atom. The van der Waals surface area contributed by atoms with Crippen LogP contribution in [0.25, 0.3) is 0 Å². The molecule has 0 aliphatic carbocycles. The van der Waals surface area contributed by atoms with Crippen molar-refractivity contribution in [2.45, 2.75) is 31.6 Å². The van der Waals surface area contributed by atoms with E-state index in [0.717, 1.165) is 4.57 Å². The van der Waals surface area contributed by atoms with Crippen molar-refractivity contribution in [2.75, 3.05) is 6.61 Å². The summed E-state index contributed by atoms with van der Waals surface area (Å²) in [5.74, 6) is -2.38. The van der Waals surface area contributed by atoms with Crippen molar-refractivity contribution < 1.29 is 24.5 Å². The maximum absolute atomic E-state index is 13.2. The summed E-state index contributed by atoms with van der Waals surface area (Å²) >= 11 is 0. The molecule has 170 valence electrons. The number of aromatic carboxylic acids is 1. The number of hydrogen-bond donors (Lipinski definition) is 2. The van der Waals surface area contributed by atoms with E-state index in [0.29, 0.717) is 10.1 Å². The lowest BCUT2D eigenvalue weighted by atomic mass is 9.88. The van der Waals surface area contributed by atoms with Crippen LogP contribution in [0.4, 0.5) is 0 Å². The van der Waals surface area contributed by atoms with Gasteiger partial charge in [-0.05, 0) is 30.7 Å². The molecule has 1 aliphatic rings. The molecule has 2 heterocycles. The van der Waals surface area contributed by atoms with Crippen molar-refractivity contribution in [3.8, 4) is 0 Å². The zero-order valence-corrected chi connectivity index (χ0v) is 17.7. The Kier molecular flexibility index (Phi) is 6.08. The highest BCUT2D eigenvalue weighted by Crippen LogP contribution is 2.40. The quantitative estimate of drug-likeness (QED) is 0.606. The standard InChI is InChI=1S/C24H22N2O7/c1-14-12-25(24(32)26(21(14)28)22(29)15-7-3-2-4-8-15)20-11-18(19(13-27)33-20)16-9-5-6-10-17(16)23(30)31/h2-10,12,18-20,27H,11,13H2,1H3,(H,30,31). The van der Waals surface area contributed by atoms with Crippen LogP contribution in [-0.4, -0.2) is 43.9 Å². The number of aliphatic hydroxyl groups is 1. The van der Waals surface area contributed by atoms with Gasteiger partial charge in [-0.25, -0.2) is 9.59 Å². The van der Waals surface area contributed by atoms with Gasteiger partial charge < -0.3 is 14.9 Å². The molecule has 2 aromatic carbocycles. The van der Waals surface area contributed by atoms with Gasteiger partial charge in [-0.15, -0.1) is 0 Å².